The number of carbonyl (C=O) groups excluding carboxylic acids is 1. The van der Waals surface area contributed by atoms with Crippen LogP contribution in [0, 0.1) is 0 Å². The molecule has 0 bridgehead atoms. The Morgan fingerprint density at radius 3 is 2.38 bits per heavy atom. The first-order chi connectivity index (χ1) is 7.69. The average Bonchev–Trinajstić information content (AvgIpc) is 2.31. The maximum absolute atomic E-state index is 11.8. The summed E-state index contributed by atoms with van der Waals surface area (Å²) in [6.45, 7) is 0. The lowest BCUT2D eigenvalue weighted by Crippen LogP contribution is -2.55. The summed E-state index contributed by atoms with van der Waals surface area (Å²) < 4.78 is 0. The van der Waals surface area contributed by atoms with Crippen LogP contribution in [0.3, 0.4) is 0 Å². The second-order valence-corrected chi connectivity index (χ2v) is 3.42. The standard InChI is InChI=1S/C11H18N4O/c1-13-15(14-2)11(16)10(12)8-9-6-4-3-5-7-9/h3-7,10,13-14H,8,12H2,1-2H3/t10-/m0/s1. The van der Waals surface area contributed by atoms with Gasteiger partial charge in [-0.25, -0.2) is 16.0 Å². The van der Waals surface area contributed by atoms with E-state index < -0.39 is 6.04 Å². The summed E-state index contributed by atoms with van der Waals surface area (Å²) in [7, 11) is 3.31. The number of rotatable bonds is 5. The zero-order chi connectivity index (χ0) is 12.0. The summed E-state index contributed by atoms with van der Waals surface area (Å²) in [6, 6.07) is 9.15. The molecule has 0 heterocycles. The van der Waals surface area contributed by atoms with Gasteiger partial charge < -0.3 is 5.73 Å². The number of nitrogens with one attached hydrogen (secondary N) is 2. The van der Waals surface area contributed by atoms with Crippen LogP contribution in [0.4, 0.5) is 0 Å². The number of hydrogen-bond acceptors (Lipinski definition) is 4. The highest BCUT2D eigenvalue weighted by Gasteiger charge is 2.19. The molecule has 0 unspecified atom stereocenters. The number of carbonyl (C=O) groups is 1. The molecule has 0 aliphatic heterocycles. The Labute approximate surface area is 95.6 Å². The van der Waals surface area contributed by atoms with Gasteiger partial charge in [-0.05, 0) is 12.0 Å². The molecule has 1 amide bonds. The molecule has 0 saturated carbocycles. The highest BCUT2D eigenvalue weighted by molar-refractivity contribution is 5.81. The lowest BCUT2D eigenvalue weighted by atomic mass is 10.1. The molecule has 0 radical (unpaired) electrons. The van der Waals surface area contributed by atoms with Crippen molar-refractivity contribution < 1.29 is 4.79 Å². The Morgan fingerprint density at radius 2 is 1.88 bits per heavy atom. The van der Waals surface area contributed by atoms with Gasteiger partial charge in [-0.2, -0.15) is 0 Å². The minimum atomic E-state index is -0.553. The third-order valence-corrected chi connectivity index (χ3v) is 2.28. The Hall–Kier alpha value is -1.43. The normalized spacial score (nSPS) is 12.2. The van der Waals surface area contributed by atoms with Crippen molar-refractivity contribution in [3.63, 3.8) is 0 Å². The molecular weight excluding hydrogens is 204 g/mol. The summed E-state index contributed by atoms with van der Waals surface area (Å²) in [5.74, 6) is -0.186. The molecule has 0 aromatic heterocycles. The molecule has 1 aromatic carbocycles. The zero-order valence-corrected chi connectivity index (χ0v) is 9.60. The molecule has 4 N–H and O–H groups in total. The van der Waals surface area contributed by atoms with Gasteiger partial charge in [0.15, 0.2) is 0 Å². The van der Waals surface area contributed by atoms with Crippen LogP contribution >= 0.6 is 0 Å². The number of nitrogens with zero attached hydrogens (tertiary/aromatic N) is 1. The monoisotopic (exact) mass is 222 g/mol. The molecule has 5 heteroatoms. The molecular formula is C11H18N4O. The highest BCUT2D eigenvalue weighted by Crippen LogP contribution is 2.02. The average molecular weight is 222 g/mol. The quantitative estimate of drug-likeness (QED) is 0.596. The molecule has 0 aliphatic carbocycles. The van der Waals surface area contributed by atoms with E-state index >= 15 is 0 Å². The van der Waals surface area contributed by atoms with Gasteiger partial charge in [0, 0.05) is 14.1 Å². The summed E-state index contributed by atoms with van der Waals surface area (Å²) in [5, 5.41) is 1.27. The van der Waals surface area contributed by atoms with E-state index in [4.69, 9.17) is 5.73 Å². The van der Waals surface area contributed by atoms with Gasteiger partial charge >= 0.3 is 0 Å². The summed E-state index contributed by atoms with van der Waals surface area (Å²) in [4.78, 5) is 11.8. The van der Waals surface area contributed by atoms with Crippen LogP contribution in [0.25, 0.3) is 0 Å². The molecule has 1 rings (SSSR count). The molecule has 88 valence electrons. The van der Waals surface area contributed by atoms with Gasteiger partial charge in [0.2, 0.25) is 0 Å². The van der Waals surface area contributed by atoms with Crippen LogP contribution < -0.4 is 16.6 Å². The van der Waals surface area contributed by atoms with Crippen LogP contribution in [0.15, 0.2) is 30.3 Å². The van der Waals surface area contributed by atoms with Crippen LogP contribution in [-0.2, 0) is 11.2 Å². The zero-order valence-electron chi connectivity index (χ0n) is 9.60. The molecule has 1 aromatic rings. The van der Waals surface area contributed by atoms with Gasteiger partial charge in [-0.1, -0.05) is 30.3 Å². The van der Waals surface area contributed by atoms with Crippen LogP contribution in [0.5, 0.6) is 0 Å². The fraction of sp³-hybridized carbons (Fsp3) is 0.364. The van der Waals surface area contributed by atoms with Gasteiger partial charge in [0.05, 0.1) is 6.04 Å². The van der Waals surface area contributed by atoms with Crippen molar-refractivity contribution in [3.05, 3.63) is 35.9 Å². The van der Waals surface area contributed by atoms with Crippen molar-refractivity contribution in [1.82, 2.24) is 16.0 Å². The maximum atomic E-state index is 11.8. The van der Waals surface area contributed by atoms with Crippen molar-refractivity contribution in [1.29, 1.82) is 0 Å². The first-order valence-corrected chi connectivity index (χ1v) is 5.17. The highest BCUT2D eigenvalue weighted by atomic mass is 16.2. The number of amides is 1. The van der Waals surface area contributed by atoms with E-state index in [0.29, 0.717) is 6.42 Å². The molecule has 1 atom stereocenters. The molecule has 0 spiro atoms. The number of nitrogens with two attached hydrogens (primary N) is 1. The predicted molar refractivity (Wildman–Crippen MR) is 63.1 cm³/mol. The molecule has 5 nitrogen and oxygen atoms in total. The van der Waals surface area contributed by atoms with Gasteiger partial charge in [-0.15, -0.1) is 0 Å². The maximum Gasteiger partial charge on any atom is 0.268 e. The SMILES string of the molecule is CNN(NC)C(=O)[C@@H](N)Cc1ccccc1. The van der Waals surface area contributed by atoms with E-state index in [-0.39, 0.29) is 5.91 Å². The van der Waals surface area contributed by atoms with Crippen molar-refractivity contribution in [2.24, 2.45) is 5.73 Å². The third-order valence-electron chi connectivity index (χ3n) is 2.28. The fourth-order valence-corrected chi connectivity index (χ4v) is 1.45. The van der Waals surface area contributed by atoms with E-state index in [9.17, 15) is 4.79 Å². The van der Waals surface area contributed by atoms with E-state index in [0.717, 1.165) is 5.56 Å². The first kappa shape index (κ1) is 12.6. The number of hydrogen-bond donors (Lipinski definition) is 3. The minimum absolute atomic E-state index is 0.186. The number of benzene rings is 1. The van der Waals surface area contributed by atoms with E-state index in [2.05, 4.69) is 10.9 Å². The fourth-order valence-electron chi connectivity index (χ4n) is 1.45. The molecule has 0 fully saturated rings. The van der Waals surface area contributed by atoms with Gasteiger partial charge in [-0.3, -0.25) is 4.79 Å². The summed E-state index contributed by atoms with van der Waals surface area (Å²) in [6.07, 6.45) is 0.527. The third kappa shape index (κ3) is 3.30. The molecule has 0 aliphatic rings. The topological polar surface area (TPSA) is 70.4 Å². The second kappa shape index (κ2) is 6.22. The summed E-state index contributed by atoms with van der Waals surface area (Å²) >= 11 is 0. The Morgan fingerprint density at radius 1 is 1.31 bits per heavy atom. The predicted octanol–water partition coefficient (Wildman–Crippen LogP) is -0.346. The van der Waals surface area contributed by atoms with Crippen molar-refractivity contribution in [2.75, 3.05) is 14.1 Å². The van der Waals surface area contributed by atoms with Gasteiger partial charge in [0.1, 0.15) is 0 Å². The lowest BCUT2D eigenvalue weighted by Gasteiger charge is -2.23. The largest absolute Gasteiger partial charge is 0.320 e. The van der Waals surface area contributed by atoms with Gasteiger partial charge in [0.25, 0.3) is 5.91 Å². The summed E-state index contributed by atoms with van der Waals surface area (Å²) in [5.41, 5.74) is 12.3. The van der Waals surface area contributed by atoms with Crippen molar-refractivity contribution >= 4 is 5.91 Å². The Balaban J connectivity index is 2.58. The van der Waals surface area contributed by atoms with Crippen molar-refractivity contribution in [3.8, 4) is 0 Å². The molecule has 16 heavy (non-hydrogen) atoms. The number of hydrazine groups is 2. The van der Waals surface area contributed by atoms with E-state index in [1.165, 1.54) is 5.12 Å². The Kier molecular flexibility index (Phi) is 4.91. The van der Waals surface area contributed by atoms with Crippen LogP contribution in [-0.4, -0.2) is 31.2 Å². The van der Waals surface area contributed by atoms with Crippen molar-refractivity contribution in [2.45, 2.75) is 12.5 Å². The lowest BCUT2D eigenvalue weighted by molar-refractivity contribution is -0.138. The molecule has 0 saturated heterocycles. The minimum Gasteiger partial charge on any atom is -0.320 e. The smallest absolute Gasteiger partial charge is 0.268 e. The Bertz CT molecular complexity index is 324. The van der Waals surface area contributed by atoms with Crippen LogP contribution in [0.1, 0.15) is 5.56 Å². The van der Waals surface area contributed by atoms with Crippen LogP contribution in [0.2, 0.25) is 0 Å². The van der Waals surface area contributed by atoms with E-state index in [1.54, 1.807) is 14.1 Å². The van der Waals surface area contributed by atoms with E-state index in [1.807, 2.05) is 30.3 Å². The second-order valence-electron chi connectivity index (χ2n) is 3.42. The first-order valence-electron chi connectivity index (χ1n) is 5.17.